The van der Waals surface area contributed by atoms with Gasteiger partial charge in [-0.1, -0.05) is 17.7 Å². The number of rotatable bonds is 2. The second kappa shape index (κ2) is 5.78. The normalized spacial score (nSPS) is 10.7. The molecule has 2 aromatic carbocycles. The minimum Gasteiger partial charge on any atom is -0.508 e. The van der Waals surface area contributed by atoms with E-state index < -0.39 is 5.91 Å². The number of carbonyl (C=O) groups is 1. The molecule has 0 aliphatic heterocycles. The van der Waals surface area contributed by atoms with E-state index in [0.717, 1.165) is 5.56 Å². The molecule has 6 heteroatoms. The summed E-state index contributed by atoms with van der Waals surface area (Å²) in [5.74, 6) is -0.521. The molecular formula is C17H13ClN2O3. The van der Waals surface area contributed by atoms with E-state index in [1.165, 1.54) is 18.3 Å². The Morgan fingerprint density at radius 3 is 2.78 bits per heavy atom. The lowest BCUT2D eigenvalue weighted by Gasteiger charge is -2.08. The number of nitrogens with one attached hydrogen (secondary N) is 2. The number of benzene rings is 2. The smallest absolute Gasteiger partial charge is 0.261 e. The van der Waals surface area contributed by atoms with Crippen molar-refractivity contribution in [3.8, 4) is 5.75 Å². The second-order valence-electron chi connectivity index (χ2n) is 5.13. The number of carbonyl (C=O) groups excluding carboxylic acids is 1. The molecule has 1 aromatic heterocycles. The van der Waals surface area contributed by atoms with Gasteiger partial charge in [0.05, 0.1) is 5.52 Å². The lowest BCUT2D eigenvalue weighted by Crippen LogP contribution is -2.22. The molecule has 0 atom stereocenters. The van der Waals surface area contributed by atoms with Crippen molar-refractivity contribution >= 4 is 34.1 Å². The van der Waals surface area contributed by atoms with Crippen LogP contribution in [0.4, 0.5) is 5.69 Å². The third kappa shape index (κ3) is 2.78. The van der Waals surface area contributed by atoms with Crippen LogP contribution in [0.5, 0.6) is 5.75 Å². The maximum Gasteiger partial charge on any atom is 0.261 e. The molecular weight excluding hydrogens is 316 g/mol. The first-order chi connectivity index (χ1) is 11.0. The fourth-order valence-corrected chi connectivity index (χ4v) is 2.52. The number of fused-ring (bicyclic) bond motifs is 1. The highest BCUT2D eigenvalue weighted by Gasteiger charge is 2.15. The van der Waals surface area contributed by atoms with Crippen LogP contribution in [0.25, 0.3) is 10.9 Å². The number of phenols is 1. The van der Waals surface area contributed by atoms with Crippen molar-refractivity contribution in [1.29, 1.82) is 0 Å². The summed E-state index contributed by atoms with van der Waals surface area (Å²) in [5, 5.41) is 12.9. The zero-order chi connectivity index (χ0) is 16.6. The van der Waals surface area contributed by atoms with E-state index >= 15 is 0 Å². The zero-order valence-electron chi connectivity index (χ0n) is 12.2. The van der Waals surface area contributed by atoms with Gasteiger partial charge < -0.3 is 15.4 Å². The van der Waals surface area contributed by atoms with Crippen molar-refractivity contribution < 1.29 is 9.90 Å². The van der Waals surface area contributed by atoms with Crippen molar-refractivity contribution in [2.75, 3.05) is 5.32 Å². The third-order valence-corrected chi connectivity index (χ3v) is 4.01. The SMILES string of the molecule is Cc1c(Cl)ccc2c(=O)c(C(=O)Nc3cccc(O)c3)c[nH]c12. The summed E-state index contributed by atoms with van der Waals surface area (Å²) in [6.45, 7) is 1.80. The first-order valence-electron chi connectivity index (χ1n) is 6.88. The van der Waals surface area contributed by atoms with Gasteiger partial charge in [-0.3, -0.25) is 9.59 Å². The Hall–Kier alpha value is -2.79. The summed E-state index contributed by atoms with van der Waals surface area (Å²) in [5.41, 5.74) is 1.37. The third-order valence-electron chi connectivity index (χ3n) is 3.60. The molecule has 23 heavy (non-hydrogen) atoms. The fourth-order valence-electron chi connectivity index (χ4n) is 2.37. The van der Waals surface area contributed by atoms with Gasteiger partial charge >= 0.3 is 0 Å². The second-order valence-corrected chi connectivity index (χ2v) is 5.54. The van der Waals surface area contributed by atoms with Gasteiger partial charge in [-0.25, -0.2) is 0 Å². The van der Waals surface area contributed by atoms with E-state index in [2.05, 4.69) is 10.3 Å². The number of aryl methyl sites for hydroxylation is 1. The minimum atomic E-state index is -0.550. The molecule has 1 heterocycles. The number of amides is 1. The van der Waals surface area contributed by atoms with Crippen LogP contribution in [0, 0.1) is 6.92 Å². The van der Waals surface area contributed by atoms with Crippen LogP contribution >= 0.6 is 11.6 Å². The molecule has 3 rings (SSSR count). The van der Waals surface area contributed by atoms with Gasteiger partial charge in [0.2, 0.25) is 5.43 Å². The molecule has 0 saturated heterocycles. The van der Waals surface area contributed by atoms with Crippen molar-refractivity contribution in [2.45, 2.75) is 6.92 Å². The standard InChI is InChI=1S/C17H13ClN2O3/c1-9-14(18)6-5-12-15(9)19-8-13(16(12)22)17(23)20-10-3-2-4-11(21)7-10/h2-8,21H,1H3,(H,19,22)(H,20,23). The van der Waals surface area contributed by atoms with E-state index in [4.69, 9.17) is 11.6 Å². The highest BCUT2D eigenvalue weighted by Crippen LogP contribution is 2.22. The quantitative estimate of drug-likeness (QED) is 0.674. The minimum absolute atomic E-state index is 0.0115. The molecule has 0 bridgehead atoms. The summed E-state index contributed by atoms with van der Waals surface area (Å²) in [6.07, 6.45) is 1.37. The Morgan fingerprint density at radius 1 is 1.26 bits per heavy atom. The summed E-state index contributed by atoms with van der Waals surface area (Å²) in [6, 6.07) is 9.33. The molecule has 0 radical (unpaired) electrons. The van der Waals surface area contributed by atoms with Gasteiger partial charge in [0.1, 0.15) is 11.3 Å². The van der Waals surface area contributed by atoms with Gasteiger partial charge in [0.25, 0.3) is 5.91 Å². The van der Waals surface area contributed by atoms with Gasteiger partial charge in [-0.15, -0.1) is 0 Å². The predicted octanol–water partition coefficient (Wildman–Crippen LogP) is 3.45. The average Bonchev–Trinajstić information content (AvgIpc) is 2.51. The Bertz CT molecular complexity index is 979. The van der Waals surface area contributed by atoms with Gasteiger partial charge in [-0.05, 0) is 36.8 Å². The summed E-state index contributed by atoms with van der Waals surface area (Å²) in [7, 11) is 0. The molecule has 5 nitrogen and oxygen atoms in total. The Labute approximate surface area is 136 Å². The number of aromatic nitrogens is 1. The van der Waals surface area contributed by atoms with Crippen molar-refractivity contribution in [3.05, 3.63) is 69.0 Å². The lowest BCUT2D eigenvalue weighted by molar-refractivity contribution is 0.102. The number of halogens is 1. The topological polar surface area (TPSA) is 82.2 Å². The monoisotopic (exact) mass is 328 g/mol. The van der Waals surface area contributed by atoms with E-state index in [9.17, 15) is 14.7 Å². The van der Waals surface area contributed by atoms with E-state index in [0.29, 0.717) is 21.6 Å². The molecule has 1 amide bonds. The van der Waals surface area contributed by atoms with Gasteiger partial charge in [0, 0.05) is 28.4 Å². The van der Waals surface area contributed by atoms with Crippen molar-refractivity contribution in [3.63, 3.8) is 0 Å². The predicted molar refractivity (Wildman–Crippen MR) is 90.4 cm³/mol. The molecule has 0 aliphatic rings. The summed E-state index contributed by atoms with van der Waals surface area (Å²) >= 11 is 6.04. The number of aromatic hydroxyl groups is 1. The van der Waals surface area contributed by atoms with Crippen LogP contribution in [0.1, 0.15) is 15.9 Å². The van der Waals surface area contributed by atoms with E-state index in [1.807, 2.05) is 0 Å². The molecule has 0 spiro atoms. The number of hydrogen-bond acceptors (Lipinski definition) is 3. The highest BCUT2D eigenvalue weighted by molar-refractivity contribution is 6.32. The molecule has 0 fully saturated rings. The summed E-state index contributed by atoms with van der Waals surface area (Å²) < 4.78 is 0. The molecule has 0 saturated carbocycles. The van der Waals surface area contributed by atoms with Gasteiger partial charge in [0.15, 0.2) is 0 Å². The number of phenolic OH excluding ortho intramolecular Hbond substituents is 1. The molecule has 3 aromatic rings. The maximum absolute atomic E-state index is 12.5. The number of H-pyrrole nitrogens is 1. The van der Waals surface area contributed by atoms with Crippen LogP contribution in [-0.4, -0.2) is 16.0 Å². The molecule has 0 unspecified atom stereocenters. The zero-order valence-corrected chi connectivity index (χ0v) is 12.9. The van der Waals surface area contributed by atoms with Gasteiger partial charge in [-0.2, -0.15) is 0 Å². The van der Waals surface area contributed by atoms with Crippen molar-refractivity contribution in [1.82, 2.24) is 4.98 Å². The maximum atomic E-state index is 12.5. The first kappa shape index (κ1) is 15.1. The molecule has 116 valence electrons. The van der Waals surface area contributed by atoms with Crippen LogP contribution in [0.2, 0.25) is 5.02 Å². The summed E-state index contributed by atoms with van der Waals surface area (Å²) in [4.78, 5) is 27.8. The van der Waals surface area contributed by atoms with Crippen LogP contribution in [-0.2, 0) is 0 Å². The largest absolute Gasteiger partial charge is 0.508 e. The lowest BCUT2D eigenvalue weighted by atomic mass is 10.1. The Balaban J connectivity index is 2.03. The van der Waals surface area contributed by atoms with E-state index in [1.54, 1.807) is 31.2 Å². The van der Waals surface area contributed by atoms with Crippen molar-refractivity contribution in [2.24, 2.45) is 0 Å². The molecule has 0 aliphatic carbocycles. The van der Waals surface area contributed by atoms with E-state index in [-0.39, 0.29) is 16.7 Å². The number of pyridine rings is 1. The Morgan fingerprint density at radius 2 is 2.04 bits per heavy atom. The van der Waals surface area contributed by atoms with Crippen LogP contribution in [0.3, 0.4) is 0 Å². The first-order valence-corrected chi connectivity index (χ1v) is 7.26. The van der Waals surface area contributed by atoms with Crippen LogP contribution in [0.15, 0.2) is 47.4 Å². The number of anilines is 1. The fraction of sp³-hybridized carbons (Fsp3) is 0.0588. The highest BCUT2D eigenvalue weighted by atomic mass is 35.5. The van der Waals surface area contributed by atoms with Crippen LogP contribution < -0.4 is 10.7 Å². The molecule has 3 N–H and O–H groups in total. The number of aromatic amines is 1. The Kier molecular flexibility index (Phi) is 3.80. The average molecular weight is 329 g/mol. The number of hydrogen-bond donors (Lipinski definition) is 3.